The molecule has 2 aromatic rings. The Morgan fingerprint density at radius 1 is 1.12 bits per heavy atom. The number of amides is 2. The highest BCUT2D eigenvalue weighted by molar-refractivity contribution is 5.98. The molecule has 2 amide bonds. The highest BCUT2D eigenvalue weighted by Gasteiger charge is 2.34. The number of carbonyl (C=O) groups is 2. The van der Waals surface area contributed by atoms with Gasteiger partial charge in [0, 0.05) is 43.3 Å². The van der Waals surface area contributed by atoms with Crippen molar-refractivity contribution in [3.63, 3.8) is 0 Å². The second-order valence-corrected chi connectivity index (χ2v) is 7.14. The normalized spacial score (nSPS) is 19.3. The predicted octanol–water partition coefficient (Wildman–Crippen LogP) is 2.83. The molecule has 1 aromatic heterocycles. The van der Waals surface area contributed by atoms with E-state index in [0.717, 1.165) is 31.5 Å². The van der Waals surface area contributed by atoms with Crippen molar-refractivity contribution in [1.82, 2.24) is 9.88 Å². The Morgan fingerprint density at radius 2 is 1.92 bits per heavy atom. The molecule has 4 rings (SSSR count). The maximum absolute atomic E-state index is 13.2. The molecule has 2 aliphatic rings. The van der Waals surface area contributed by atoms with Crippen LogP contribution in [0.15, 0.2) is 42.7 Å². The molecule has 0 saturated carbocycles. The van der Waals surface area contributed by atoms with Gasteiger partial charge in [-0.05, 0) is 55.5 Å². The molecule has 2 aliphatic heterocycles. The minimum atomic E-state index is -0.124. The van der Waals surface area contributed by atoms with Gasteiger partial charge < -0.3 is 9.80 Å². The third-order valence-corrected chi connectivity index (χ3v) is 5.51. The van der Waals surface area contributed by atoms with Gasteiger partial charge in [0.15, 0.2) is 0 Å². The summed E-state index contributed by atoms with van der Waals surface area (Å²) in [6, 6.07) is 9.61. The molecular weight excluding hydrogens is 326 g/mol. The van der Waals surface area contributed by atoms with Gasteiger partial charge in [0.1, 0.15) is 0 Å². The lowest BCUT2D eigenvalue weighted by Gasteiger charge is -2.34. The third-order valence-electron chi connectivity index (χ3n) is 5.51. The number of hydrogen-bond donors (Lipinski definition) is 0. The van der Waals surface area contributed by atoms with Crippen molar-refractivity contribution in [1.29, 1.82) is 0 Å². The van der Waals surface area contributed by atoms with Gasteiger partial charge in [-0.15, -0.1) is 0 Å². The number of benzene rings is 1. The smallest absolute Gasteiger partial charge is 0.253 e. The van der Waals surface area contributed by atoms with Crippen LogP contribution in [-0.4, -0.2) is 41.3 Å². The molecule has 3 heterocycles. The molecule has 1 fully saturated rings. The van der Waals surface area contributed by atoms with Crippen molar-refractivity contribution in [3.05, 3.63) is 59.4 Å². The fourth-order valence-corrected chi connectivity index (χ4v) is 4.10. The SMILES string of the molecule is Cc1cccc2c1CCN2C(=O)C1CCCN(C(=O)c2ccncc2)C1. The lowest BCUT2D eigenvalue weighted by molar-refractivity contribution is -0.123. The van der Waals surface area contributed by atoms with Crippen LogP contribution in [0.25, 0.3) is 0 Å². The number of carbonyl (C=O) groups excluding carboxylic acids is 2. The van der Waals surface area contributed by atoms with Crippen molar-refractivity contribution < 1.29 is 9.59 Å². The molecule has 1 saturated heterocycles. The number of pyridine rings is 1. The van der Waals surface area contributed by atoms with Gasteiger partial charge in [0.05, 0.1) is 5.92 Å². The van der Waals surface area contributed by atoms with Crippen LogP contribution in [0.1, 0.15) is 34.3 Å². The summed E-state index contributed by atoms with van der Waals surface area (Å²) in [6.07, 6.45) is 5.88. The highest BCUT2D eigenvalue weighted by Crippen LogP contribution is 2.32. The highest BCUT2D eigenvalue weighted by atomic mass is 16.2. The van der Waals surface area contributed by atoms with Gasteiger partial charge in [-0.2, -0.15) is 0 Å². The quantitative estimate of drug-likeness (QED) is 0.838. The minimum Gasteiger partial charge on any atom is -0.338 e. The Hall–Kier alpha value is -2.69. The van der Waals surface area contributed by atoms with Crippen LogP contribution >= 0.6 is 0 Å². The van der Waals surface area contributed by atoms with Crippen molar-refractivity contribution in [3.8, 4) is 0 Å². The number of hydrogen-bond acceptors (Lipinski definition) is 3. The zero-order chi connectivity index (χ0) is 18.1. The molecule has 0 radical (unpaired) electrons. The van der Waals surface area contributed by atoms with E-state index in [-0.39, 0.29) is 17.7 Å². The van der Waals surface area contributed by atoms with Gasteiger partial charge in [0.25, 0.3) is 5.91 Å². The molecule has 1 unspecified atom stereocenters. The van der Waals surface area contributed by atoms with Gasteiger partial charge in [-0.25, -0.2) is 0 Å². The van der Waals surface area contributed by atoms with Gasteiger partial charge >= 0.3 is 0 Å². The van der Waals surface area contributed by atoms with Crippen molar-refractivity contribution in [2.75, 3.05) is 24.5 Å². The number of piperidine rings is 1. The van der Waals surface area contributed by atoms with E-state index in [1.807, 2.05) is 21.9 Å². The molecule has 0 spiro atoms. The average molecular weight is 349 g/mol. The van der Waals surface area contributed by atoms with E-state index >= 15 is 0 Å². The first-order chi connectivity index (χ1) is 12.6. The fraction of sp³-hybridized carbons (Fsp3) is 0.381. The first-order valence-corrected chi connectivity index (χ1v) is 9.24. The van der Waals surface area contributed by atoms with Crippen LogP contribution in [-0.2, 0) is 11.2 Å². The summed E-state index contributed by atoms with van der Waals surface area (Å²) < 4.78 is 0. The molecular formula is C21H23N3O2. The molecule has 0 aliphatic carbocycles. The van der Waals surface area contributed by atoms with E-state index in [9.17, 15) is 9.59 Å². The second-order valence-electron chi connectivity index (χ2n) is 7.14. The number of fused-ring (bicyclic) bond motifs is 1. The number of aryl methyl sites for hydroxylation is 1. The Kier molecular flexibility index (Phi) is 4.45. The topological polar surface area (TPSA) is 53.5 Å². The van der Waals surface area contributed by atoms with E-state index < -0.39 is 0 Å². The summed E-state index contributed by atoms with van der Waals surface area (Å²) in [6.45, 7) is 4.05. The van der Waals surface area contributed by atoms with Crippen LogP contribution in [0.4, 0.5) is 5.69 Å². The monoisotopic (exact) mass is 349 g/mol. The number of nitrogens with zero attached hydrogens (tertiary/aromatic N) is 3. The van der Waals surface area contributed by atoms with Crippen molar-refractivity contribution >= 4 is 17.5 Å². The van der Waals surface area contributed by atoms with Crippen LogP contribution in [0.5, 0.6) is 0 Å². The number of rotatable bonds is 2. The first-order valence-electron chi connectivity index (χ1n) is 9.24. The van der Waals surface area contributed by atoms with Gasteiger partial charge in [-0.3, -0.25) is 14.6 Å². The van der Waals surface area contributed by atoms with Crippen LogP contribution in [0.2, 0.25) is 0 Å². The Bertz CT molecular complexity index is 834. The van der Waals surface area contributed by atoms with Crippen molar-refractivity contribution in [2.45, 2.75) is 26.2 Å². The third kappa shape index (κ3) is 2.98. The summed E-state index contributed by atoms with van der Waals surface area (Å²) in [5.41, 5.74) is 4.21. The molecule has 0 bridgehead atoms. The standard InChI is InChI=1S/C21H23N3O2/c1-15-4-2-6-19-18(15)9-13-24(19)21(26)17-5-3-12-23(14-17)20(25)16-7-10-22-11-8-16/h2,4,6-8,10-11,17H,3,5,9,12-14H2,1H3. The largest absolute Gasteiger partial charge is 0.338 e. The maximum atomic E-state index is 13.2. The number of anilines is 1. The molecule has 26 heavy (non-hydrogen) atoms. The van der Waals surface area contributed by atoms with E-state index in [0.29, 0.717) is 18.7 Å². The summed E-state index contributed by atoms with van der Waals surface area (Å²) in [4.78, 5) is 33.6. The predicted molar refractivity (Wildman–Crippen MR) is 100 cm³/mol. The molecule has 134 valence electrons. The molecule has 1 aromatic carbocycles. The zero-order valence-corrected chi connectivity index (χ0v) is 15.0. The molecule has 1 atom stereocenters. The van der Waals surface area contributed by atoms with E-state index in [4.69, 9.17) is 0 Å². The Morgan fingerprint density at radius 3 is 2.73 bits per heavy atom. The number of likely N-dealkylation sites (tertiary alicyclic amines) is 1. The summed E-state index contributed by atoms with van der Waals surface area (Å²) >= 11 is 0. The average Bonchev–Trinajstić information content (AvgIpc) is 3.13. The molecule has 0 N–H and O–H groups in total. The van der Waals surface area contributed by atoms with Crippen molar-refractivity contribution in [2.24, 2.45) is 5.92 Å². The van der Waals surface area contributed by atoms with Crippen LogP contribution in [0, 0.1) is 12.8 Å². The lowest BCUT2D eigenvalue weighted by atomic mass is 9.95. The zero-order valence-electron chi connectivity index (χ0n) is 15.0. The van der Waals surface area contributed by atoms with E-state index in [2.05, 4.69) is 18.0 Å². The Labute approximate surface area is 153 Å². The maximum Gasteiger partial charge on any atom is 0.253 e. The van der Waals surface area contributed by atoms with E-state index in [1.54, 1.807) is 24.5 Å². The van der Waals surface area contributed by atoms with E-state index in [1.165, 1.54) is 11.1 Å². The van der Waals surface area contributed by atoms with Gasteiger partial charge in [0.2, 0.25) is 5.91 Å². The van der Waals surface area contributed by atoms with Gasteiger partial charge in [-0.1, -0.05) is 12.1 Å². The number of aromatic nitrogens is 1. The summed E-state index contributed by atoms with van der Waals surface area (Å²) in [5, 5.41) is 0. The molecule has 5 heteroatoms. The van der Waals surface area contributed by atoms with Crippen LogP contribution < -0.4 is 4.90 Å². The summed E-state index contributed by atoms with van der Waals surface area (Å²) in [7, 11) is 0. The Balaban J connectivity index is 1.50. The fourth-order valence-electron chi connectivity index (χ4n) is 4.10. The summed E-state index contributed by atoms with van der Waals surface area (Å²) in [5.74, 6) is 0.0187. The minimum absolute atomic E-state index is 0.0115. The second kappa shape index (κ2) is 6.90. The van der Waals surface area contributed by atoms with Crippen LogP contribution in [0.3, 0.4) is 0 Å². The lowest BCUT2D eigenvalue weighted by Crippen LogP contribution is -2.46. The first kappa shape index (κ1) is 16.8. The molecule has 5 nitrogen and oxygen atoms in total.